The zero-order valence-corrected chi connectivity index (χ0v) is 20.9. The Kier molecular flexibility index (Phi) is 7.62. The predicted molar refractivity (Wildman–Crippen MR) is 127 cm³/mol. The first-order valence-electron chi connectivity index (χ1n) is 11.7. The van der Waals surface area contributed by atoms with Crippen LogP contribution in [0.2, 0.25) is 0 Å². The van der Waals surface area contributed by atoms with Crippen LogP contribution in [0.25, 0.3) is 0 Å². The number of carbonyl (C=O) groups is 1. The quantitative estimate of drug-likeness (QED) is 0.572. The Bertz CT molecular complexity index is 1310. The molecule has 2 N–H and O–H groups in total. The van der Waals surface area contributed by atoms with Crippen molar-refractivity contribution >= 4 is 15.9 Å². The third-order valence-electron chi connectivity index (χ3n) is 6.45. The van der Waals surface area contributed by atoms with Crippen molar-refractivity contribution in [1.82, 2.24) is 19.2 Å². The summed E-state index contributed by atoms with van der Waals surface area (Å²) >= 11 is 0. The molecule has 3 heterocycles. The molecule has 1 amide bonds. The summed E-state index contributed by atoms with van der Waals surface area (Å²) in [7, 11) is -2.45. The summed E-state index contributed by atoms with van der Waals surface area (Å²) in [5, 5.41) is 13.2. The largest absolute Gasteiger partial charge is 0.501 e. The molecule has 1 aromatic heterocycles. The van der Waals surface area contributed by atoms with Gasteiger partial charge in [-0.25, -0.2) is 17.8 Å². The Hall–Kier alpha value is -3.03. The molecule has 0 saturated carbocycles. The van der Waals surface area contributed by atoms with E-state index in [0.717, 1.165) is 4.31 Å². The number of ether oxygens (including phenoxy) is 2. The van der Waals surface area contributed by atoms with Gasteiger partial charge in [0, 0.05) is 25.2 Å². The molecule has 13 heteroatoms. The van der Waals surface area contributed by atoms with Gasteiger partial charge in [-0.2, -0.15) is 4.31 Å². The van der Waals surface area contributed by atoms with E-state index in [9.17, 15) is 27.5 Å². The van der Waals surface area contributed by atoms with Gasteiger partial charge in [0.2, 0.25) is 15.8 Å². The SMILES string of the molecule is CCC1COCC2c3nc(c(O)c(=O)n31)C(=O)NCc1ccc(F)cc1OCCCCS(=O)(=O)N2C. The second kappa shape index (κ2) is 10.5. The molecule has 11 nitrogen and oxygen atoms in total. The van der Waals surface area contributed by atoms with Crippen molar-refractivity contribution in [1.29, 1.82) is 0 Å². The van der Waals surface area contributed by atoms with Gasteiger partial charge < -0.3 is 19.9 Å². The number of fused-ring (bicyclic) bond motifs is 2. The Balaban J connectivity index is 1.85. The Labute approximate surface area is 207 Å². The van der Waals surface area contributed by atoms with Gasteiger partial charge in [-0.3, -0.25) is 14.2 Å². The summed E-state index contributed by atoms with van der Waals surface area (Å²) in [5.41, 5.74) is -0.923. The standard InChI is InChI=1S/C23H29FN4O7S/c1-3-16-12-34-13-17-21-26-19(20(29)23(31)28(16)21)22(30)25-11-14-6-7-15(24)10-18(14)35-8-4-5-9-36(32,33)27(17)2/h6-7,10,16-17,29H,3-5,8-9,11-13H2,1-2H3,(H,25,30). The fraction of sp³-hybridized carbons (Fsp3) is 0.522. The molecule has 2 bridgehead atoms. The number of benzene rings is 1. The summed E-state index contributed by atoms with van der Waals surface area (Å²) in [4.78, 5) is 30.6. The minimum absolute atomic E-state index is 0.0243. The zero-order chi connectivity index (χ0) is 26.0. The van der Waals surface area contributed by atoms with Crippen LogP contribution in [0, 0.1) is 5.82 Å². The molecule has 1 aromatic carbocycles. The zero-order valence-electron chi connectivity index (χ0n) is 20.1. The minimum atomic E-state index is -3.83. The van der Waals surface area contributed by atoms with Gasteiger partial charge in [0.15, 0.2) is 5.69 Å². The smallest absolute Gasteiger partial charge is 0.296 e. The van der Waals surface area contributed by atoms with Crippen LogP contribution in [-0.4, -0.2) is 65.9 Å². The van der Waals surface area contributed by atoms with Crippen molar-refractivity contribution in [3.05, 3.63) is 51.5 Å². The first-order valence-corrected chi connectivity index (χ1v) is 13.3. The summed E-state index contributed by atoms with van der Waals surface area (Å²) in [6.07, 6.45) is 1.12. The molecule has 196 valence electrons. The average molecular weight is 525 g/mol. The van der Waals surface area contributed by atoms with E-state index < -0.39 is 50.8 Å². The molecular weight excluding hydrogens is 495 g/mol. The highest BCUT2D eigenvalue weighted by Gasteiger charge is 2.37. The molecule has 2 atom stereocenters. The van der Waals surface area contributed by atoms with E-state index in [4.69, 9.17) is 9.47 Å². The van der Waals surface area contributed by atoms with Crippen LogP contribution in [0.5, 0.6) is 11.5 Å². The van der Waals surface area contributed by atoms with Crippen LogP contribution in [0.1, 0.15) is 60.1 Å². The summed E-state index contributed by atoms with van der Waals surface area (Å²) < 4.78 is 53.8. The van der Waals surface area contributed by atoms with Crippen LogP contribution in [0.4, 0.5) is 4.39 Å². The number of carbonyl (C=O) groups excluding carboxylic acids is 1. The van der Waals surface area contributed by atoms with E-state index in [2.05, 4.69) is 10.3 Å². The third-order valence-corrected chi connectivity index (χ3v) is 8.39. The Morgan fingerprint density at radius 3 is 2.78 bits per heavy atom. The summed E-state index contributed by atoms with van der Waals surface area (Å²) in [6.45, 7) is 1.93. The monoisotopic (exact) mass is 524 g/mol. The molecular formula is C23H29FN4O7S. The second-order valence-electron chi connectivity index (χ2n) is 8.78. The molecule has 0 spiro atoms. The van der Waals surface area contributed by atoms with Crippen LogP contribution in [0.15, 0.2) is 23.0 Å². The number of nitrogens with one attached hydrogen (secondary N) is 1. The van der Waals surface area contributed by atoms with Crippen molar-refractivity contribution in [3.63, 3.8) is 0 Å². The fourth-order valence-corrected chi connectivity index (χ4v) is 5.69. The maximum absolute atomic E-state index is 13.8. The molecule has 0 radical (unpaired) electrons. The first-order chi connectivity index (χ1) is 17.1. The number of hydrogen-bond donors (Lipinski definition) is 2. The van der Waals surface area contributed by atoms with E-state index in [1.807, 2.05) is 6.92 Å². The Morgan fingerprint density at radius 2 is 2.03 bits per heavy atom. The minimum Gasteiger partial charge on any atom is -0.501 e. The van der Waals surface area contributed by atoms with Crippen LogP contribution in [-0.2, 0) is 21.3 Å². The Morgan fingerprint density at radius 1 is 1.25 bits per heavy atom. The molecule has 2 aromatic rings. The van der Waals surface area contributed by atoms with Crippen molar-refractivity contribution in [2.75, 3.05) is 32.6 Å². The topological polar surface area (TPSA) is 140 Å². The highest BCUT2D eigenvalue weighted by Crippen LogP contribution is 2.30. The summed E-state index contributed by atoms with van der Waals surface area (Å²) in [5.74, 6) is -2.21. The van der Waals surface area contributed by atoms with Crippen molar-refractivity contribution in [2.24, 2.45) is 0 Å². The van der Waals surface area contributed by atoms with Crippen molar-refractivity contribution < 1.29 is 32.2 Å². The van der Waals surface area contributed by atoms with E-state index >= 15 is 0 Å². The highest BCUT2D eigenvalue weighted by atomic mass is 32.2. The maximum Gasteiger partial charge on any atom is 0.296 e. The lowest BCUT2D eigenvalue weighted by atomic mass is 10.1. The van der Waals surface area contributed by atoms with Crippen LogP contribution in [0.3, 0.4) is 0 Å². The molecule has 4 rings (SSSR count). The van der Waals surface area contributed by atoms with Gasteiger partial charge in [-0.1, -0.05) is 13.0 Å². The first kappa shape index (κ1) is 26.0. The highest BCUT2D eigenvalue weighted by molar-refractivity contribution is 7.89. The normalized spacial score (nSPS) is 23.1. The summed E-state index contributed by atoms with van der Waals surface area (Å²) in [6, 6.07) is 2.35. The fourth-order valence-electron chi connectivity index (χ4n) is 4.29. The van der Waals surface area contributed by atoms with Gasteiger partial charge in [0.25, 0.3) is 11.5 Å². The van der Waals surface area contributed by atoms with Gasteiger partial charge in [0.05, 0.1) is 31.6 Å². The molecule has 0 fully saturated rings. The molecule has 2 aliphatic rings. The average Bonchev–Trinajstić information content (AvgIpc) is 3.03. The third kappa shape index (κ3) is 5.08. The number of aromatic hydroxyl groups is 1. The maximum atomic E-state index is 13.8. The molecule has 0 aliphatic carbocycles. The van der Waals surface area contributed by atoms with Gasteiger partial charge in [-0.05, 0) is 25.3 Å². The van der Waals surface area contributed by atoms with Gasteiger partial charge in [0.1, 0.15) is 23.4 Å². The van der Waals surface area contributed by atoms with Crippen LogP contribution >= 0.6 is 0 Å². The van der Waals surface area contributed by atoms with E-state index in [0.29, 0.717) is 18.4 Å². The lowest BCUT2D eigenvalue weighted by molar-refractivity contribution is 0.0859. The van der Waals surface area contributed by atoms with Gasteiger partial charge >= 0.3 is 0 Å². The number of likely N-dealkylation sites (N-methyl/N-ethyl adjacent to an activating group) is 1. The number of hydrogen-bond acceptors (Lipinski definition) is 8. The number of rotatable bonds is 1. The number of aromatic nitrogens is 2. The molecule has 0 saturated heterocycles. The number of halogens is 1. The second-order valence-corrected chi connectivity index (χ2v) is 10.9. The number of sulfonamides is 1. The van der Waals surface area contributed by atoms with Crippen LogP contribution < -0.4 is 15.6 Å². The van der Waals surface area contributed by atoms with E-state index in [1.165, 1.54) is 29.8 Å². The van der Waals surface area contributed by atoms with Crippen molar-refractivity contribution in [2.45, 2.75) is 44.8 Å². The molecule has 2 unspecified atom stereocenters. The predicted octanol–water partition coefficient (Wildman–Crippen LogP) is 1.47. The van der Waals surface area contributed by atoms with E-state index in [-0.39, 0.29) is 50.1 Å². The van der Waals surface area contributed by atoms with E-state index in [1.54, 1.807) is 0 Å². The van der Waals surface area contributed by atoms with Crippen molar-refractivity contribution in [3.8, 4) is 11.5 Å². The lowest BCUT2D eigenvalue weighted by Crippen LogP contribution is -2.40. The lowest BCUT2D eigenvalue weighted by Gasteiger charge is -2.28. The molecule has 36 heavy (non-hydrogen) atoms. The molecule has 2 aliphatic heterocycles. The van der Waals surface area contributed by atoms with Gasteiger partial charge in [-0.15, -0.1) is 0 Å². The number of amides is 1. The number of nitrogens with zero attached hydrogens (tertiary/aromatic N) is 3.